The van der Waals surface area contributed by atoms with Gasteiger partial charge < -0.3 is 15.0 Å². The summed E-state index contributed by atoms with van der Waals surface area (Å²) in [6.45, 7) is 3.57. The van der Waals surface area contributed by atoms with Gasteiger partial charge in [-0.1, -0.05) is 36.4 Å². The topological polar surface area (TPSA) is 80.1 Å². The Balaban J connectivity index is 1.44. The van der Waals surface area contributed by atoms with Gasteiger partial charge in [-0.3, -0.25) is 4.79 Å². The lowest BCUT2D eigenvalue weighted by Gasteiger charge is -2.31. The fraction of sp³-hybridized carbons (Fsp3) is 0.381. The number of methoxy groups -OCH3 is 1. The summed E-state index contributed by atoms with van der Waals surface area (Å²) in [6.07, 6.45) is 0. The molecule has 1 saturated heterocycles. The molecule has 1 heterocycles. The van der Waals surface area contributed by atoms with Gasteiger partial charge in [0.2, 0.25) is 10.0 Å². The number of nitrogens with zero attached hydrogens (tertiary/aromatic N) is 1. The summed E-state index contributed by atoms with van der Waals surface area (Å²) in [6, 6.07) is 17.0. The molecule has 3 rings (SSSR count). The average molecular weight is 419 g/mol. The highest BCUT2D eigenvalue weighted by atomic mass is 32.2. The number of hydrogen-bond donors (Lipinski definition) is 2. The molecule has 2 N–H and O–H groups in total. The number of rotatable bonds is 8. The Morgan fingerprint density at radius 1 is 1.10 bits per heavy atom. The molecule has 2 aromatic carbocycles. The van der Waals surface area contributed by atoms with Gasteiger partial charge in [0.1, 0.15) is 12.3 Å². The second-order valence-corrected chi connectivity index (χ2v) is 9.20. The standard InChI is InChI=1S/C21H27N3O4S/c1-28-20-9-5-8-19(16-20)21(25)22-10-15-29(26,27)24-13-11-23(12-14-24)17-18-6-3-2-4-7-18/h2-9,16H,10-15,17H2,1H3,(H,22,25)/p+1. The smallest absolute Gasteiger partial charge is 0.251 e. The summed E-state index contributed by atoms with van der Waals surface area (Å²) >= 11 is 0. The Hall–Kier alpha value is -2.42. The normalized spacial score (nSPS) is 15.8. The van der Waals surface area contributed by atoms with Crippen LogP contribution in [0.2, 0.25) is 0 Å². The van der Waals surface area contributed by atoms with Crippen LogP contribution in [0, 0.1) is 0 Å². The number of carbonyl (C=O) groups excluding carboxylic acids is 1. The minimum atomic E-state index is -3.39. The van der Waals surface area contributed by atoms with Crippen LogP contribution in [0.4, 0.5) is 0 Å². The fourth-order valence-corrected chi connectivity index (χ4v) is 4.79. The van der Waals surface area contributed by atoms with Gasteiger partial charge in [-0.2, -0.15) is 4.31 Å². The zero-order valence-corrected chi connectivity index (χ0v) is 17.5. The number of nitrogens with one attached hydrogen (secondary N) is 2. The van der Waals surface area contributed by atoms with Crippen LogP contribution >= 0.6 is 0 Å². The predicted molar refractivity (Wildman–Crippen MR) is 112 cm³/mol. The van der Waals surface area contributed by atoms with Crippen molar-refractivity contribution >= 4 is 15.9 Å². The van der Waals surface area contributed by atoms with Crippen molar-refractivity contribution < 1.29 is 22.8 Å². The van der Waals surface area contributed by atoms with Gasteiger partial charge in [0.15, 0.2) is 0 Å². The van der Waals surface area contributed by atoms with Crippen molar-refractivity contribution in [2.75, 3.05) is 45.6 Å². The number of amides is 1. The van der Waals surface area contributed by atoms with E-state index in [0.29, 0.717) is 24.4 Å². The highest BCUT2D eigenvalue weighted by molar-refractivity contribution is 7.89. The lowest BCUT2D eigenvalue weighted by atomic mass is 10.2. The van der Waals surface area contributed by atoms with Crippen LogP contribution in [-0.2, 0) is 16.6 Å². The van der Waals surface area contributed by atoms with Gasteiger partial charge in [0.05, 0.1) is 39.0 Å². The zero-order chi connectivity index (χ0) is 20.7. The average Bonchev–Trinajstić information content (AvgIpc) is 2.74. The molecule has 7 nitrogen and oxygen atoms in total. The van der Waals surface area contributed by atoms with Crippen molar-refractivity contribution in [3.8, 4) is 5.75 Å². The highest BCUT2D eigenvalue weighted by Gasteiger charge is 2.28. The molecule has 0 aromatic heterocycles. The third-order valence-corrected chi connectivity index (χ3v) is 6.97. The minimum absolute atomic E-state index is 0.0788. The van der Waals surface area contributed by atoms with E-state index in [1.165, 1.54) is 17.6 Å². The first kappa shape index (κ1) is 21.3. The summed E-state index contributed by atoms with van der Waals surface area (Å²) in [7, 11) is -1.86. The van der Waals surface area contributed by atoms with Crippen LogP contribution in [0.15, 0.2) is 54.6 Å². The van der Waals surface area contributed by atoms with E-state index in [-0.39, 0.29) is 18.2 Å². The van der Waals surface area contributed by atoms with Crippen LogP contribution in [0.25, 0.3) is 0 Å². The second kappa shape index (κ2) is 9.87. The minimum Gasteiger partial charge on any atom is -0.497 e. The van der Waals surface area contributed by atoms with E-state index in [0.717, 1.165) is 19.6 Å². The first-order chi connectivity index (χ1) is 14.0. The Morgan fingerprint density at radius 2 is 1.83 bits per heavy atom. The lowest BCUT2D eigenvalue weighted by Crippen LogP contribution is -3.13. The summed E-state index contributed by atoms with van der Waals surface area (Å²) in [5.74, 6) is 0.175. The Kier molecular flexibility index (Phi) is 7.24. The molecule has 1 aliphatic rings. The molecule has 29 heavy (non-hydrogen) atoms. The van der Waals surface area contributed by atoms with E-state index in [9.17, 15) is 13.2 Å². The van der Waals surface area contributed by atoms with Crippen molar-refractivity contribution in [2.45, 2.75) is 6.54 Å². The van der Waals surface area contributed by atoms with Gasteiger partial charge in [-0.15, -0.1) is 0 Å². The maximum absolute atomic E-state index is 12.6. The number of piperazine rings is 1. The first-order valence-corrected chi connectivity index (χ1v) is 11.4. The van der Waals surface area contributed by atoms with Gasteiger partial charge >= 0.3 is 0 Å². The maximum atomic E-state index is 12.6. The molecule has 0 aliphatic carbocycles. The maximum Gasteiger partial charge on any atom is 0.251 e. The van der Waals surface area contributed by atoms with Gasteiger partial charge in [0, 0.05) is 17.7 Å². The van der Waals surface area contributed by atoms with Crippen molar-refractivity contribution in [1.82, 2.24) is 9.62 Å². The van der Waals surface area contributed by atoms with E-state index >= 15 is 0 Å². The van der Waals surface area contributed by atoms with Gasteiger partial charge in [0.25, 0.3) is 5.91 Å². The van der Waals surface area contributed by atoms with E-state index in [1.807, 2.05) is 18.2 Å². The van der Waals surface area contributed by atoms with Crippen molar-refractivity contribution in [3.63, 3.8) is 0 Å². The third-order valence-electron chi connectivity index (χ3n) is 5.10. The van der Waals surface area contributed by atoms with Gasteiger partial charge in [-0.05, 0) is 18.2 Å². The van der Waals surface area contributed by atoms with Crippen LogP contribution in [0.5, 0.6) is 5.75 Å². The summed E-state index contributed by atoms with van der Waals surface area (Å²) in [5, 5.41) is 2.68. The van der Waals surface area contributed by atoms with Gasteiger partial charge in [-0.25, -0.2) is 8.42 Å². The Bertz CT molecular complexity index is 911. The molecule has 1 amide bonds. The number of carbonyl (C=O) groups is 1. The number of ether oxygens (including phenoxy) is 1. The summed E-state index contributed by atoms with van der Waals surface area (Å²) < 4.78 is 31.9. The molecule has 156 valence electrons. The molecule has 0 bridgehead atoms. The monoisotopic (exact) mass is 418 g/mol. The Labute approximate surface area is 172 Å². The molecule has 0 atom stereocenters. The van der Waals surface area contributed by atoms with E-state index < -0.39 is 10.0 Å². The lowest BCUT2D eigenvalue weighted by molar-refractivity contribution is -0.917. The van der Waals surface area contributed by atoms with Crippen LogP contribution < -0.4 is 15.0 Å². The van der Waals surface area contributed by atoms with Crippen molar-refractivity contribution in [1.29, 1.82) is 0 Å². The van der Waals surface area contributed by atoms with E-state index in [2.05, 4.69) is 17.4 Å². The molecule has 0 spiro atoms. The summed E-state index contributed by atoms with van der Waals surface area (Å²) in [4.78, 5) is 13.6. The molecular formula is C21H28N3O4S+. The van der Waals surface area contributed by atoms with Crippen LogP contribution in [0.3, 0.4) is 0 Å². The van der Waals surface area contributed by atoms with Crippen LogP contribution in [0.1, 0.15) is 15.9 Å². The van der Waals surface area contributed by atoms with Crippen molar-refractivity contribution in [2.24, 2.45) is 0 Å². The molecule has 0 radical (unpaired) electrons. The molecule has 0 unspecified atom stereocenters. The Morgan fingerprint density at radius 3 is 2.52 bits per heavy atom. The third kappa shape index (κ3) is 6.03. The molecule has 1 fully saturated rings. The zero-order valence-electron chi connectivity index (χ0n) is 16.6. The van der Waals surface area contributed by atoms with E-state index in [4.69, 9.17) is 4.74 Å². The molecule has 8 heteroatoms. The quantitative estimate of drug-likeness (QED) is 0.640. The largest absolute Gasteiger partial charge is 0.497 e. The van der Waals surface area contributed by atoms with Crippen molar-refractivity contribution in [3.05, 3.63) is 65.7 Å². The molecular weight excluding hydrogens is 390 g/mol. The number of benzene rings is 2. The number of sulfonamides is 1. The van der Waals surface area contributed by atoms with E-state index in [1.54, 1.807) is 28.6 Å². The predicted octanol–water partition coefficient (Wildman–Crippen LogP) is 0.156. The highest BCUT2D eigenvalue weighted by Crippen LogP contribution is 2.12. The molecule has 2 aromatic rings. The second-order valence-electron chi connectivity index (χ2n) is 7.12. The first-order valence-electron chi connectivity index (χ1n) is 9.75. The van der Waals surface area contributed by atoms with Crippen LogP contribution in [-0.4, -0.2) is 64.2 Å². The SMILES string of the molecule is COc1cccc(C(=O)NCCS(=O)(=O)N2CC[NH+](Cc3ccccc3)CC2)c1. The fourth-order valence-electron chi connectivity index (χ4n) is 3.43. The molecule has 0 saturated carbocycles. The number of hydrogen-bond acceptors (Lipinski definition) is 4. The molecule has 1 aliphatic heterocycles. The summed E-state index contributed by atoms with van der Waals surface area (Å²) in [5.41, 5.74) is 1.71. The number of quaternary nitrogens is 1.